The molecule has 4 N–H and O–H groups in total. The van der Waals surface area contributed by atoms with Gasteiger partial charge in [0.25, 0.3) is 4.62 Å². The smallest absolute Gasteiger partial charge is 0.345 e. The second kappa shape index (κ2) is 14.3. The lowest BCUT2D eigenvalue weighted by Gasteiger charge is -2.01. The Kier molecular flexibility index (Phi) is 12.2. The van der Waals surface area contributed by atoms with Gasteiger partial charge in [-0.3, -0.25) is 0 Å². The van der Waals surface area contributed by atoms with Crippen LogP contribution in [0.5, 0.6) is 0 Å². The van der Waals surface area contributed by atoms with Crippen LogP contribution in [0.25, 0.3) is 12.2 Å². The van der Waals surface area contributed by atoms with E-state index in [0.717, 1.165) is 47.3 Å². The first kappa shape index (κ1) is 35.0. The quantitative estimate of drug-likeness (QED) is 0.235. The van der Waals surface area contributed by atoms with Crippen molar-refractivity contribution in [1.29, 1.82) is 0 Å². The van der Waals surface area contributed by atoms with Crippen molar-refractivity contribution in [2.24, 2.45) is 0 Å². The molecule has 0 radical (unpaired) electrons. The van der Waals surface area contributed by atoms with Crippen molar-refractivity contribution in [3.05, 3.63) is 78.7 Å². The minimum Gasteiger partial charge on any atom is -1.00 e. The van der Waals surface area contributed by atoms with Crippen LogP contribution in [-0.2, 0) is 28.8 Å². The number of carbonyl (C=O) groups excluding carboxylic acids is 1. The Balaban J connectivity index is 0.00000294. The third-order valence-corrected chi connectivity index (χ3v) is 9.05. The summed E-state index contributed by atoms with van der Waals surface area (Å²) < 4.78 is 5.83. The van der Waals surface area contributed by atoms with Gasteiger partial charge in [0.05, 0.1) is 13.5 Å². The summed E-state index contributed by atoms with van der Waals surface area (Å²) in [7, 11) is 1.41. The van der Waals surface area contributed by atoms with E-state index in [0.29, 0.717) is 5.57 Å². The second-order valence-electron chi connectivity index (χ2n) is 10.4. The van der Waals surface area contributed by atoms with Crippen LogP contribution in [0.4, 0.5) is 0 Å². The van der Waals surface area contributed by atoms with Crippen LogP contribution in [0.15, 0.2) is 33.7 Å². The molecule has 41 heavy (non-hydrogen) atoms. The lowest BCUT2D eigenvalue weighted by Crippen LogP contribution is -3.00. The summed E-state index contributed by atoms with van der Waals surface area (Å²) in [6.07, 6.45) is 7.99. The summed E-state index contributed by atoms with van der Waals surface area (Å²) in [5.74, 6) is -0.350. The normalized spacial score (nSPS) is 16.8. The van der Waals surface area contributed by atoms with Gasteiger partial charge in [-0.1, -0.05) is 20.8 Å². The first-order valence-electron chi connectivity index (χ1n) is 13.8. The number of nitrogens with one attached hydrogen (secondary N) is 4. The fraction of sp³-hybridized carbons (Fsp3) is 0.406. The third kappa shape index (κ3) is 6.57. The minimum absolute atomic E-state index is 0. The molecule has 0 bridgehead atoms. The highest BCUT2D eigenvalue weighted by Crippen LogP contribution is 2.28. The Morgan fingerprint density at radius 2 is 1.41 bits per heavy atom. The molecule has 0 fully saturated rings. The van der Waals surface area contributed by atoms with Gasteiger partial charge in [0.1, 0.15) is 5.57 Å². The highest BCUT2D eigenvalue weighted by Gasteiger charge is 2.33. The number of hydrogen-bond donors (Lipinski definition) is 4. The topological polar surface area (TPSA) is 85.8 Å². The number of allylic oxidation sites excluding steroid dienone is 3. The van der Waals surface area contributed by atoms with Gasteiger partial charge in [0.15, 0.2) is 5.71 Å². The van der Waals surface area contributed by atoms with Crippen molar-refractivity contribution in [2.75, 3.05) is 7.11 Å². The van der Waals surface area contributed by atoms with E-state index < -0.39 is 0 Å². The summed E-state index contributed by atoms with van der Waals surface area (Å²) in [5, 5.41) is 0. The fourth-order valence-corrected chi connectivity index (χ4v) is 6.39. The van der Waals surface area contributed by atoms with Gasteiger partial charge in [0.2, 0.25) is 11.4 Å². The second-order valence-corrected chi connectivity index (χ2v) is 11.2. The molecule has 2 aliphatic heterocycles. The summed E-state index contributed by atoms with van der Waals surface area (Å²) >= 11 is 3.53. The number of halogens is 3. The predicted octanol–water partition coefficient (Wildman–Crippen LogP) is -2.04. The molecule has 0 atom stereocenters. The Bertz CT molecular complexity index is 1540. The number of hydrogen-bond acceptors (Lipinski definition) is 2. The monoisotopic (exact) mass is 750 g/mol. The van der Waals surface area contributed by atoms with E-state index in [1.54, 1.807) is 0 Å². The number of aromatic nitrogens is 2. The van der Waals surface area contributed by atoms with Gasteiger partial charge in [-0.05, 0) is 76.1 Å². The molecule has 0 amide bonds. The van der Waals surface area contributed by atoms with Gasteiger partial charge < -0.3 is 48.7 Å². The third-order valence-electron chi connectivity index (χ3n) is 8.25. The van der Waals surface area contributed by atoms with E-state index in [2.05, 4.69) is 90.4 Å². The molecule has 9 heteroatoms. The van der Waals surface area contributed by atoms with Crippen LogP contribution >= 0.6 is 15.9 Å². The average Bonchev–Trinajstić information content (AvgIpc) is 3.56. The van der Waals surface area contributed by atoms with Crippen LogP contribution in [0.3, 0.4) is 0 Å². The maximum Gasteiger partial charge on any atom is 0.345 e. The molecule has 0 saturated heterocycles. The molecule has 0 aliphatic carbocycles. The minimum atomic E-state index is -0.350. The van der Waals surface area contributed by atoms with Crippen LogP contribution < -0.4 is 43.9 Å². The Hall–Kier alpha value is -2.23. The highest BCUT2D eigenvalue weighted by molar-refractivity contribution is 9.18. The average molecular weight is 753 g/mol. The first-order chi connectivity index (χ1) is 18.6. The van der Waals surface area contributed by atoms with Crippen LogP contribution in [0.1, 0.15) is 86.1 Å². The Morgan fingerprint density at radius 3 is 1.98 bits per heavy atom. The number of esters is 1. The van der Waals surface area contributed by atoms with E-state index >= 15 is 0 Å². The fourth-order valence-electron chi connectivity index (χ4n) is 5.98. The molecular formula is C32H41Br3N4O2. The van der Waals surface area contributed by atoms with Gasteiger partial charge in [0, 0.05) is 67.6 Å². The van der Waals surface area contributed by atoms with E-state index in [1.165, 1.54) is 69.0 Å². The first-order valence-corrected chi connectivity index (χ1v) is 14.6. The Labute approximate surface area is 273 Å². The number of carbonyl (C=O) groups is 1. The molecular weight excluding hydrogens is 712 g/mol. The molecule has 0 saturated carbocycles. The largest absolute Gasteiger partial charge is 1.00 e. The van der Waals surface area contributed by atoms with Crippen molar-refractivity contribution >= 4 is 44.4 Å². The molecule has 2 aliphatic rings. The van der Waals surface area contributed by atoms with Crippen LogP contribution in [0, 0.1) is 20.8 Å². The van der Waals surface area contributed by atoms with E-state index in [4.69, 9.17) is 4.74 Å². The number of ether oxygens (including phenoxy) is 1. The summed E-state index contributed by atoms with van der Waals surface area (Å²) in [6, 6.07) is 0. The lowest BCUT2D eigenvalue weighted by molar-refractivity contribution is -0.387. The van der Waals surface area contributed by atoms with E-state index in [9.17, 15) is 4.79 Å². The summed E-state index contributed by atoms with van der Waals surface area (Å²) in [6.45, 7) is 17.3. The molecule has 2 aromatic rings. The van der Waals surface area contributed by atoms with Crippen molar-refractivity contribution in [1.82, 2.24) is 9.97 Å². The molecule has 4 heterocycles. The molecule has 0 unspecified atom stereocenters. The molecule has 2 aromatic heterocycles. The lowest BCUT2D eigenvalue weighted by atomic mass is 9.98. The van der Waals surface area contributed by atoms with Crippen molar-refractivity contribution < 1.29 is 53.5 Å². The molecule has 4 rings (SSSR count). The van der Waals surface area contributed by atoms with Gasteiger partial charge >= 0.3 is 5.97 Å². The zero-order chi connectivity index (χ0) is 28.6. The van der Waals surface area contributed by atoms with Crippen molar-refractivity contribution in [2.45, 2.75) is 81.1 Å². The zero-order valence-corrected chi connectivity index (χ0v) is 30.2. The zero-order valence-electron chi connectivity index (χ0n) is 25.4. The summed E-state index contributed by atoms with van der Waals surface area (Å²) in [4.78, 5) is 26.8. The highest BCUT2D eigenvalue weighted by atomic mass is 79.9. The molecule has 222 valence electrons. The number of H-pyrrole nitrogens is 2. The van der Waals surface area contributed by atoms with Crippen LogP contribution in [0.2, 0.25) is 0 Å². The summed E-state index contributed by atoms with van der Waals surface area (Å²) in [5.41, 5.74) is 17.1. The van der Waals surface area contributed by atoms with E-state index in [-0.39, 0.29) is 39.9 Å². The maximum absolute atomic E-state index is 12.5. The van der Waals surface area contributed by atoms with Crippen molar-refractivity contribution in [3.8, 4) is 0 Å². The number of methoxy groups -OCH3 is 1. The molecule has 6 nitrogen and oxygen atoms in total. The predicted molar refractivity (Wildman–Crippen MR) is 163 cm³/mol. The van der Waals surface area contributed by atoms with Crippen LogP contribution in [-0.4, -0.2) is 33.4 Å². The molecule has 0 spiro atoms. The maximum atomic E-state index is 12.5. The number of aromatic amines is 2. The molecule has 0 aromatic carbocycles. The van der Waals surface area contributed by atoms with Crippen molar-refractivity contribution in [3.63, 3.8) is 0 Å². The number of aryl methyl sites for hydroxylation is 1. The van der Waals surface area contributed by atoms with Gasteiger partial charge in [-0.2, -0.15) is 4.99 Å². The Morgan fingerprint density at radius 1 is 0.829 bits per heavy atom. The number of rotatable bonds is 8. The standard InChI is InChI=1S/C32H39BrN4O2.2BrH/c1-10-21-16(4)24(34-20(21)8)13-27-22(11-2)17(5)25(35-27)14-28-23(12-3)18(6)26(36-28)15-29-30(32(38)39-9)19(7)31(33)37-29;;/h13,15,34,36H,10-12,14H2,1-9H3;2*1H/b27-13-,29-15-;;. The van der Waals surface area contributed by atoms with E-state index in [1.807, 2.05) is 13.0 Å². The SMILES string of the molecule is CCC1=C(C)C(Cc2[nH]c(/C=C3\[NH+]=C(Br)C(C)=C3C(=O)OC)c(C)c2CC)=[NH+]/C1=C\c1[nH]c(C)c(CC)c1C.[Br-].[Br-]. The van der Waals surface area contributed by atoms with Gasteiger partial charge in [-0.15, -0.1) is 0 Å². The van der Waals surface area contributed by atoms with Gasteiger partial charge in [-0.25, -0.2) is 9.79 Å².